The number of hydrogen-bond acceptors (Lipinski definition) is 4. The molecule has 0 saturated carbocycles. The molecule has 2 aromatic carbocycles. The minimum Gasteiger partial charge on any atom is -0.490 e. The third-order valence-electron chi connectivity index (χ3n) is 3.87. The summed E-state index contributed by atoms with van der Waals surface area (Å²) >= 11 is 17.9. The minimum absolute atomic E-state index is 0.139. The molecule has 10 heteroatoms. The molecule has 1 amide bonds. The van der Waals surface area contributed by atoms with Crippen molar-refractivity contribution in [2.24, 2.45) is 0 Å². The standard InChI is InChI=1S/C19H21Cl3N2O4S/c1-29(26,27)24(14-8-9-15(20)17(22)13-14)11-4-7-19(25)23-10-12-28-18-6-3-2-5-16(18)21/h2-3,5-6,8-9,13H,4,7,10-12H2,1H3,(H,23,25). The number of rotatable bonds is 10. The minimum atomic E-state index is -3.53. The van der Waals surface area contributed by atoms with E-state index < -0.39 is 10.0 Å². The van der Waals surface area contributed by atoms with Crippen LogP contribution in [0.5, 0.6) is 5.75 Å². The van der Waals surface area contributed by atoms with Crippen molar-refractivity contribution in [1.82, 2.24) is 5.32 Å². The summed E-state index contributed by atoms with van der Waals surface area (Å²) in [7, 11) is -3.53. The smallest absolute Gasteiger partial charge is 0.232 e. The molecule has 6 nitrogen and oxygen atoms in total. The zero-order valence-electron chi connectivity index (χ0n) is 15.7. The van der Waals surface area contributed by atoms with E-state index in [1.54, 1.807) is 30.3 Å². The van der Waals surface area contributed by atoms with Crippen LogP contribution in [0.1, 0.15) is 12.8 Å². The number of carbonyl (C=O) groups is 1. The molecule has 0 aromatic heterocycles. The Labute approximate surface area is 185 Å². The molecular formula is C19H21Cl3N2O4S. The zero-order chi connectivity index (χ0) is 21.4. The van der Waals surface area contributed by atoms with E-state index in [0.29, 0.717) is 34.4 Å². The number of anilines is 1. The molecule has 2 aromatic rings. The van der Waals surface area contributed by atoms with Crippen molar-refractivity contribution in [2.75, 3.05) is 30.3 Å². The van der Waals surface area contributed by atoms with Gasteiger partial charge in [-0.05, 0) is 36.8 Å². The van der Waals surface area contributed by atoms with Gasteiger partial charge in [0.1, 0.15) is 12.4 Å². The summed E-state index contributed by atoms with van der Waals surface area (Å²) < 4.78 is 30.9. The van der Waals surface area contributed by atoms with E-state index in [-0.39, 0.29) is 30.5 Å². The Kier molecular flexibility index (Phi) is 8.89. The first-order valence-electron chi connectivity index (χ1n) is 8.75. The van der Waals surface area contributed by atoms with Crippen LogP contribution >= 0.6 is 34.8 Å². The number of hydrogen-bond donors (Lipinski definition) is 1. The molecule has 0 fully saturated rings. The van der Waals surface area contributed by atoms with Gasteiger partial charge in [-0.15, -0.1) is 0 Å². The molecule has 0 saturated heterocycles. The normalized spacial score (nSPS) is 11.2. The molecule has 0 bridgehead atoms. The van der Waals surface area contributed by atoms with E-state index in [9.17, 15) is 13.2 Å². The lowest BCUT2D eigenvalue weighted by molar-refractivity contribution is -0.121. The number of benzene rings is 2. The lowest BCUT2D eigenvalue weighted by Gasteiger charge is -2.22. The van der Waals surface area contributed by atoms with Crippen molar-refractivity contribution < 1.29 is 17.9 Å². The molecule has 0 unspecified atom stereocenters. The van der Waals surface area contributed by atoms with Crippen molar-refractivity contribution in [3.05, 3.63) is 57.5 Å². The summed E-state index contributed by atoms with van der Waals surface area (Å²) in [6.45, 7) is 0.723. The first-order valence-corrected chi connectivity index (χ1v) is 11.7. The van der Waals surface area contributed by atoms with Gasteiger partial charge in [-0.25, -0.2) is 8.42 Å². The lowest BCUT2D eigenvalue weighted by Crippen LogP contribution is -2.32. The molecule has 1 N–H and O–H groups in total. The first kappa shape index (κ1) is 23.6. The van der Waals surface area contributed by atoms with Crippen LogP contribution in [0.4, 0.5) is 5.69 Å². The molecule has 2 rings (SSSR count). The quantitative estimate of drug-likeness (QED) is 0.513. The van der Waals surface area contributed by atoms with Crippen molar-refractivity contribution in [3.63, 3.8) is 0 Å². The predicted molar refractivity (Wildman–Crippen MR) is 118 cm³/mol. The van der Waals surface area contributed by atoms with E-state index in [2.05, 4.69) is 5.32 Å². The van der Waals surface area contributed by atoms with E-state index in [1.807, 2.05) is 0 Å². The maximum atomic E-state index is 12.1. The number of para-hydroxylation sites is 1. The van der Waals surface area contributed by atoms with Gasteiger partial charge in [-0.2, -0.15) is 0 Å². The third-order valence-corrected chi connectivity index (χ3v) is 6.12. The maximum Gasteiger partial charge on any atom is 0.232 e. The van der Waals surface area contributed by atoms with Crippen molar-refractivity contribution in [2.45, 2.75) is 12.8 Å². The highest BCUT2D eigenvalue weighted by molar-refractivity contribution is 7.92. The van der Waals surface area contributed by atoms with Crippen LogP contribution in [-0.4, -0.2) is 40.3 Å². The molecular weight excluding hydrogens is 459 g/mol. The first-order chi connectivity index (χ1) is 13.7. The fourth-order valence-electron chi connectivity index (χ4n) is 2.51. The Hall–Kier alpha value is -1.67. The molecule has 0 aliphatic heterocycles. The van der Waals surface area contributed by atoms with Gasteiger partial charge < -0.3 is 10.1 Å². The van der Waals surface area contributed by atoms with E-state index in [4.69, 9.17) is 39.5 Å². The van der Waals surface area contributed by atoms with Crippen LogP contribution in [0.3, 0.4) is 0 Å². The number of nitrogens with one attached hydrogen (secondary N) is 1. The molecule has 0 spiro atoms. The lowest BCUT2D eigenvalue weighted by atomic mass is 10.2. The Balaban J connectivity index is 1.79. The fraction of sp³-hybridized carbons (Fsp3) is 0.316. The van der Waals surface area contributed by atoms with Gasteiger partial charge in [-0.1, -0.05) is 46.9 Å². The molecule has 0 aliphatic carbocycles. The number of halogens is 3. The Morgan fingerprint density at radius 2 is 1.79 bits per heavy atom. The summed E-state index contributed by atoms with van der Waals surface area (Å²) in [4.78, 5) is 12.0. The summed E-state index contributed by atoms with van der Waals surface area (Å²) in [5, 5.41) is 3.82. The highest BCUT2D eigenvalue weighted by Crippen LogP contribution is 2.28. The topological polar surface area (TPSA) is 75.7 Å². The third kappa shape index (κ3) is 7.59. The zero-order valence-corrected chi connectivity index (χ0v) is 18.8. The van der Waals surface area contributed by atoms with E-state index >= 15 is 0 Å². The number of nitrogens with zero attached hydrogens (tertiary/aromatic N) is 1. The summed E-state index contributed by atoms with van der Waals surface area (Å²) in [5.41, 5.74) is 0.399. The Bertz CT molecular complexity index is 954. The molecule has 0 aliphatic rings. The maximum absolute atomic E-state index is 12.1. The second-order valence-electron chi connectivity index (χ2n) is 6.17. The fourth-order valence-corrected chi connectivity index (χ4v) is 3.95. The monoisotopic (exact) mass is 478 g/mol. The van der Waals surface area contributed by atoms with Crippen LogP contribution in [0, 0.1) is 0 Å². The van der Waals surface area contributed by atoms with Gasteiger partial charge in [0.2, 0.25) is 15.9 Å². The Morgan fingerprint density at radius 3 is 2.45 bits per heavy atom. The van der Waals surface area contributed by atoms with Gasteiger partial charge in [0.05, 0.1) is 33.6 Å². The molecule has 158 valence electrons. The predicted octanol–water partition coefficient (Wildman–Crippen LogP) is 4.39. The Morgan fingerprint density at radius 1 is 1.07 bits per heavy atom. The van der Waals surface area contributed by atoms with E-state index in [1.165, 1.54) is 16.4 Å². The summed E-state index contributed by atoms with van der Waals surface area (Å²) in [5.74, 6) is 0.351. The SMILES string of the molecule is CS(=O)(=O)N(CCCC(=O)NCCOc1ccccc1Cl)c1ccc(Cl)c(Cl)c1. The summed E-state index contributed by atoms with van der Waals surface area (Å²) in [6.07, 6.45) is 1.60. The van der Waals surface area contributed by atoms with Gasteiger partial charge >= 0.3 is 0 Å². The van der Waals surface area contributed by atoms with Crippen LogP contribution < -0.4 is 14.4 Å². The molecule has 0 atom stereocenters. The van der Waals surface area contributed by atoms with Crippen LogP contribution in [0.25, 0.3) is 0 Å². The van der Waals surface area contributed by atoms with Gasteiger partial charge in [-0.3, -0.25) is 9.10 Å². The average molecular weight is 480 g/mol. The number of carbonyl (C=O) groups excluding carboxylic acids is 1. The van der Waals surface area contributed by atoms with E-state index in [0.717, 1.165) is 6.26 Å². The van der Waals surface area contributed by atoms with Gasteiger partial charge in [0.15, 0.2) is 0 Å². The van der Waals surface area contributed by atoms with Crippen molar-refractivity contribution in [1.29, 1.82) is 0 Å². The highest BCUT2D eigenvalue weighted by atomic mass is 35.5. The van der Waals surface area contributed by atoms with Crippen molar-refractivity contribution >= 4 is 56.4 Å². The average Bonchev–Trinajstić information content (AvgIpc) is 2.65. The van der Waals surface area contributed by atoms with Gasteiger partial charge in [0.25, 0.3) is 0 Å². The number of sulfonamides is 1. The second kappa shape index (κ2) is 10.9. The largest absolute Gasteiger partial charge is 0.490 e. The van der Waals surface area contributed by atoms with Crippen molar-refractivity contribution in [3.8, 4) is 5.75 Å². The number of amides is 1. The molecule has 0 radical (unpaired) electrons. The molecule has 29 heavy (non-hydrogen) atoms. The molecule has 0 heterocycles. The van der Waals surface area contributed by atoms with Crippen LogP contribution in [0.15, 0.2) is 42.5 Å². The second-order valence-corrected chi connectivity index (χ2v) is 9.29. The number of ether oxygens (including phenoxy) is 1. The highest BCUT2D eigenvalue weighted by Gasteiger charge is 2.18. The van der Waals surface area contributed by atoms with Crippen LogP contribution in [0.2, 0.25) is 15.1 Å². The van der Waals surface area contributed by atoms with Gasteiger partial charge in [0, 0.05) is 13.0 Å². The summed E-state index contributed by atoms with van der Waals surface area (Å²) in [6, 6.07) is 11.7. The van der Waals surface area contributed by atoms with Crippen LogP contribution in [-0.2, 0) is 14.8 Å².